The molecule has 0 bridgehead atoms. The van der Waals surface area contributed by atoms with Crippen LogP contribution in [-0.4, -0.2) is 42.9 Å². The normalized spacial score (nSPS) is 15.5. The number of aliphatic carboxylic acids is 1. The lowest BCUT2D eigenvalue weighted by molar-refractivity contribution is -0.135. The van der Waals surface area contributed by atoms with Gasteiger partial charge in [-0.25, -0.2) is 4.79 Å². The van der Waals surface area contributed by atoms with Gasteiger partial charge in [-0.2, -0.15) is 0 Å². The fourth-order valence-electron chi connectivity index (χ4n) is 2.15. The van der Waals surface area contributed by atoms with E-state index >= 15 is 0 Å². The highest BCUT2D eigenvalue weighted by Gasteiger charge is 2.23. The highest BCUT2D eigenvalue weighted by molar-refractivity contribution is 6.30. The Morgan fingerprint density at radius 2 is 2.10 bits per heavy atom. The van der Waals surface area contributed by atoms with Crippen LogP contribution in [0, 0.1) is 0 Å². The zero-order valence-corrected chi connectivity index (χ0v) is 12.2. The summed E-state index contributed by atoms with van der Waals surface area (Å²) >= 11 is 5.90. The number of nitrogens with zero attached hydrogens (tertiary/aromatic N) is 1. The lowest BCUT2D eigenvalue weighted by Crippen LogP contribution is -2.48. The first-order valence-electron chi connectivity index (χ1n) is 6.69. The van der Waals surface area contributed by atoms with E-state index in [1.807, 2.05) is 0 Å². The average molecular weight is 313 g/mol. The van der Waals surface area contributed by atoms with Crippen LogP contribution in [-0.2, 0) is 9.53 Å². The summed E-state index contributed by atoms with van der Waals surface area (Å²) in [5.74, 6) is -1.09. The number of carboxylic acid groups (broad SMARTS) is 1. The quantitative estimate of drug-likeness (QED) is 0.892. The Balaban J connectivity index is 2.11. The molecular formula is C14H17ClN2O4. The van der Waals surface area contributed by atoms with Gasteiger partial charge in [0.2, 0.25) is 0 Å². The number of anilines is 1. The van der Waals surface area contributed by atoms with Crippen molar-refractivity contribution in [3.8, 4) is 0 Å². The largest absolute Gasteiger partial charge is 0.480 e. The molecule has 1 fully saturated rings. The van der Waals surface area contributed by atoms with Gasteiger partial charge in [-0.15, -0.1) is 0 Å². The van der Waals surface area contributed by atoms with Crippen molar-refractivity contribution in [2.45, 2.75) is 18.9 Å². The monoisotopic (exact) mass is 312 g/mol. The van der Waals surface area contributed by atoms with Crippen LogP contribution in [0.4, 0.5) is 10.5 Å². The Labute approximate surface area is 127 Å². The molecule has 1 saturated heterocycles. The minimum Gasteiger partial charge on any atom is -0.480 e. The number of ether oxygens (including phenoxy) is 1. The van der Waals surface area contributed by atoms with E-state index in [1.165, 1.54) is 4.90 Å². The molecule has 0 atom stereocenters. The molecule has 1 aromatic rings. The fourth-order valence-corrected chi connectivity index (χ4v) is 2.34. The van der Waals surface area contributed by atoms with E-state index in [-0.39, 0.29) is 6.04 Å². The van der Waals surface area contributed by atoms with Crippen LogP contribution in [0.1, 0.15) is 12.8 Å². The molecule has 6 nitrogen and oxygen atoms in total. The van der Waals surface area contributed by atoms with Crippen molar-refractivity contribution >= 4 is 29.3 Å². The van der Waals surface area contributed by atoms with Gasteiger partial charge in [0.1, 0.15) is 6.54 Å². The number of nitrogens with one attached hydrogen (secondary N) is 1. The van der Waals surface area contributed by atoms with Gasteiger partial charge in [-0.1, -0.05) is 17.7 Å². The van der Waals surface area contributed by atoms with Crippen molar-refractivity contribution in [3.05, 3.63) is 29.3 Å². The number of rotatable bonds is 4. The second-order valence-electron chi connectivity index (χ2n) is 4.80. The van der Waals surface area contributed by atoms with Crippen molar-refractivity contribution < 1.29 is 19.4 Å². The van der Waals surface area contributed by atoms with Crippen molar-refractivity contribution in [3.63, 3.8) is 0 Å². The predicted molar refractivity (Wildman–Crippen MR) is 78.8 cm³/mol. The summed E-state index contributed by atoms with van der Waals surface area (Å²) in [6.07, 6.45) is 1.45. The second kappa shape index (κ2) is 7.28. The summed E-state index contributed by atoms with van der Waals surface area (Å²) in [6.45, 7) is 0.775. The first-order valence-corrected chi connectivity index (χ1v) is 7.07. The van der Waals surface area contributed by atoms with Gasteiger partial charge in [0.15, 0.2) is 0 Å². The molecule has 0 radical (unpaired) electrons. The standard InChI is InChI=1S/C14H17ClN2O4/c15-10-2-1-3-12(8-10)17(9-13(18)19)14(20)16-11-4-6-21-7-5-11/h1-3,8,11H,4-7,9H2,(H,16,20)(H,18,19). The highest BCUT2D eigenvalue weighted by Crippen LogP contribution is 2.20. The summed E-state index contributed by atoms with van der Waals surface area (Å²) in [4.78, 5) is 24.5. The zero-order valence-electron chi connectivity index (χ0n) is 11.4. The second-order valence-corrected chi connectivity index (χ2v) is 5.23. The number of urea groups is 1. The molecule has 1 heterocycles. The molecule has 0 unspecified atom stereocenters. The Bertz CT molecular complexity index is 517. The maximum absolute atomic E-state index is 12.3. The number of amides is 2. The molecule has 0 aromatic heterocycles. The molecule has 0 saturated carbocycles. The van der Waals surface area contributed by atoms with Crippen molar-refractivity contribution in [1.29, 1.82) is 0 Å². The van der Waals surface area contributed by atoms with Crippen LogP contribution in [0.3, 0.4) is 0 Å². The Morgan fingerprint density at radius 1 is 1.38 bits per heavy atom. The molecule has 21 heavy (non-hydrogen) atoms. The summed E-state index contributed by atoms with van der Waals surface area (Å²) in [5, 5.41) is 12.3. The molecule has 1 aromatic carbocycles. The SMILES string of the molecule is O=C(O)CN(C(=O)NC1CCOCC1)c1cccc(Cl)c1. The van der Waals surface area contributed by atoms with Gasteiger partial charge < -0.3 is 15.2 Å². The van der Waals surface area contributed by atoms with E-state index < -0.39 is 18.5 Å². The number of hydrogen-bond donors (Lipinski definition) is 2. The molecule has 2 rings (SSSR count). The first kappa shape index (κ1) is 15.6. The van der Waals surface area contributed by atoms with E-state index in [1.54, 1.807) is 24.3 Å². The van der Waals surface area contributed by atoms with Crippen molar-refractivity contribution in [1.82, 2.24) is 5.32 Å². The van der Waals surface area contributed by atoms with Crippen molar-refractivity contribution in [2.75, 3.05) is 24.7 Å². The van der Waals surface area contributed by atoms with Crippen LogP contribution in [0.25, 0.3) is 0 Å². The topological polar surface area (TPSA) is 78.9 Å². The molecule has 1 aliphatic heterocycles. The first-order chi connectivity index (χ1) is 10.1. The predicted octanol–water partition coefficient (Wildman–Crippen LogP) is 2.12. The molecule has 0 spiro atoms. The van der Waals surface area contributed by atoms with E-state index in [0.717, 1.165) is 12.8 Å². The maximum atomic E-state index is 12.3. The molecule has 0 aliphatic carbocycles. The average Bonchev–Trinajstić information content (AvgIpc) is 2.45. The van der Waals surface area contributed by atoms with Gasteiger partial charge in [0.05, 0.1) is 0 Å². The third-order valence-corrected chi connectivity index (χ3v) is 3.44. The number of hydrogen-bond acceptors (Lipinski definition) is 3. The third-order valence-electron chi connectivity index (χ3n) is 3.21. The fraction of sp³-hybridized carbons (Fsp3) is 0.429. The Morgan fingerprint density at radius 3 is 2.71 bits per heavy atom. The number of carbonyl (C=O) groups is 2. The summed E-state index contributed by atoms with van der Waals surface area (Å²) in [5.41, 5.74) is 0.453. The minimum absolute atomic E-state index is 0.00160. The van der Waals surface area contributed by atoms with Crippen LogP contribution in [0.15, 0.2) is 24.3 Å². The molecule has 1 aliphatic rings. The third kappa shape index (κ3) is 4.61. The smallest absolute Gasteiger partial charge is 0.323 e. The maximum Gasteiger partial charge on any atom is 0.323 e. The molecule has 2 amide bonds. The van der Waals surface area contributed by atoms with Gasteiger partial charge in [0.25, 0.3) is 0 Å². The Hall–Kier alpha value is -1.79. The lowest BCUT2D eigenvalue weighted by atomic mass is 10.1. The van der Waals surface area contributed by atoms with Crippen LogP contribution in [0.2, 0.25) is 5.02 Å². The number of benzene rings is 1. The molecule has 7 heteroatoms. The van der Waals surface area contributed by atoms with E-state index in [4.69, 9.17) is 21.4 Å². The van der Waals surface area contributed by atoms with E-state index in [0.29, 0.717) is 23.9 Å². The Kier molecular flexibility index (Phi) is 5.41. The van der Waals surface area contributed by atoms with Crippen molar-refractivity contribution in [2.24, 2.45) is 0 Å². The summed E-state index contributed by atoms with van der Waals surface area (Å²) in [6, 6.07) is 6.12. The number of halogens is 1. The molecular weight excluding hydrogens is 296 g/mol. The number of carboxylic acids is 1. The minimum atomic E-state index is -1.09. The van der Waals surface area contributed by atoms with Gasteiger partial charge in [-0.3, -0.25) is 9.69 Å². The van der Waals surface area contributed by atoms with Crippen LogP contribution < -0.4 is 10.2 Å². The van der Waals surface area contributed by atoms with Crippen LogP contribution >= 0.6 is 11.6 Å². The highest BCUT2D eigenvalue weighted by atomic mass is 35.5. The van der Waals surface area contributed by atoms with Gasteiger partial charge >= 0.3 is 12.0 Å². The molecule has 2 N–H and O–H groups in total. The van der Waals surface area contributed by atoms with E-state index in [9.17, 15) is 9.59 Å². The van der Waals surface area contributed by atoms with Crippen LogP contribution in [0.5, 0.6) is 0 Å². The summed E-state index contributed by atoms with van der Waals surface area (Å²) in [7, 11) is 0. The summed E-state index contributed by atoms with van der Waals surface area (Å²) < 4.78 is 5.23. The lowest BCUT2D eigenvalue weighted by Gasteiger charge is -2.27. The van der Waals surface area contributed by atoms with Gasteiger partial charge in [0, 0.05) is 30.0 Å². The van der Waals surface area contributed by atoms with E-state index in [2.05, 4.69) is 5.32 Å². The number of carbonyl (C=O) groups excluding carboxylic acids is 1. The molecule has 114 valence electrons. The zero-order chi connectivity index (χ0) is 15.2. The van der Waals surface area contributed by atoms with Gasteiger partial charge in [-0.05, 0) is 31.0 Å².